The van der Waals surface area contributed by atoms with Crippen molar-refractivity contribution in [2.45, 2.75) is 103 Å². The van der Waals surface area contributed by atoms with E-state index >= 15 is 0 Å². The first-order chi connectivity index (χ1) is 15.9. The fourth-order valence-corrected chi connectivity index (χ4v) is 4.49. The van der Waals surface area contributed by atoms with Crippen molar-refractivity contribution in [1.82, 2.24) is 5.32 Å². The highest BCUT2D eigenvalue weighted by Crippen LogP contribution is 2.10. The largest absolute Gasteiger partial charge is 0.748 e. The number of carbonyl (C=O) groups excluding carboxylic acids is 1. The maximum atomic E-state index is 12.0. The number of amides is 1. The SMILES string of the molecule is CCCCCC[C@@H](O)C/C=C\CCCCCCCC(=O)NCC[N+](C)(C)CC(O)CS(=O)(=O)[O-]. The molecule has 34 heavy (non-hydrogen) atoms. The van der Waals surface area contributed by atoms with E-state index in [0.717, 1.165) is 57.8 Å². The van der Waals surface area contributed by atoms with Gasteiger partial charge in [0.1, 0.15) is 12.6 Å². The molecule has 0 rings (SSSR count). The number of nitrogens with zero attached hydrogens (tertiary/aromatic N) is 1. The van der Waals surface area contributed by atoms with Crippen molar-refractivity contribution in [3.8, 4) is 0 Å². The van der Waals surface area contributed by atoms with Crippen molar-refractivity contribution >= 4 is 16.0 Å². The molecule has 0 aromatic heterocycles. The molecular weight excluding hydrogens is 456 g/mol. The van der Waals surface area contributed by atoms with Gasteiger partial charge in [0.2, 0.25) is 5.91 Å². The Morgan fingerprint density at radius 2 is 1.62 bits per heavy atom. The normalized spacial score (nSPS) is 14.4. The van der Waals surface area contributed by atoms with E-state index in [1.807, 2.05) is 14.1 Å². The van der Waals surface area contributed by atoms with Crippen LogP contribution < -0.4 is 5.32 Å². The third-order valence-corrected chi connectivity index (χ3v) is 6.67. The zero-order valence-electron chi connectivity index (χ0n) is 21.7. The first-order valence-corrected chi connectivity index (χ1v) is 14.6. The van der Waals surface area contributed by atoms with Crippen LogP contribution in [0.5, 0.6) is 0 Å². The molecule has 1 unspecified atom stereocenters. The number of carbonyl (C=O) groups is 1. The Kier molecular flexibility index (Phi) is 18.7. The van der Waals surface area contributed by atoms with Crippen LogP contribution in [0, 0.1) is 0 Å². The molecule has 0 saturated carbocycles. The van der Waals surface area contributed by atoms with Gasteiger partial charge < -0.3 is 24.6 Å². The lowest BCUT2D eigenvalue weighted by Crippen LogP contribution is -2.50. The molecule has 0 heterocycles. The molecule has 1 amide bonds. The minimum atomic E-state index is -4.45. The highest BCUT2D eigenvalue weighted by Gasteiger charge is 2.22. The van der Waals surface area contributed by atoms with Gasteiger partial charge in [0.25, 0.3) is 0 Å². The Bertz CT molecular complexity index is 652. The molecule has 3 N–H and O–H groups in total. The summed E-state index contributed by atoms with van der Waals surface area (Å²) in [5, 5.41) is 22.5. The number of nitrogens with one attached hydrogen (secondary N) is 1. The first kappa shape index (κ1) is 33.0. The van der Waals surface area contributed by atoms with Crippen molar-refractivity contribution in [1.29, 1.82) is 0 Å². The zero-order valence-corrected chi connectivity index (χ0v) is 22.5. The lowest BCUT2D eigenvalue weighted by atomic mass is 10.1. The zero-order chi connectivity index (χ0) is 25.9. The molecule has 0 aliphatic rings. The molecule has 0 radical (unpaired) electrons. The second-order valence-electron chi connectivity index (χ2n) is 10.1. The van der Waals surface area contributed by atoms with Gasteiger partial charge in [-0.05, 0) is 32.1 Å². The van der Waals surface area contributed by atoms with Crippen LogP contribution in [0.15, 0.2) is 12.2 Å². The van der Waals surface area contributed by atoms with E-state index in [4.69, 9.17) is 0 Å². The summed E-state index contributed by atoms with van der Waals surface area (Å²) in [5.74, 6) is -0.793. The molecule has 0 saturated heterocycles. The van der Waals surface area contributed by atoms with Crippen molar-refractivity contribution in [2.24, 2.45) is 0 Å². The Hall–Kier alpha value is -1.00. The lowest BCUT2D eigenvalue weighted by Gasteiger charge is -2.32. The van der Waals surface area contributed by atoms with Gasteiger partial charge in [-0.3, -0.25) is 4.79 Å². The van der Waals surface area contributed by atoms with Gasteiger partial charge in [0, 0.05) is 6.42 Å². The van der Waals surface area contributed by atoms with Crippen molar-refractivity contribution in [3.63, 3.8) is 0 Å². The van der Waals surface area contributed by atoms with E-state index < -0.39 is 22.0 Å². The third kappa shape index (κ3) is 22.8. The summed E-state index contributed by atoms with van der Waals surface area (Å²) in [6.45, 7) is 3.29. The predicted octanol–water partition coefficient (Wildman–Crippen LogP) is 3.09. The monoisotopic (exact) mass is 506 g/mol. The Morgan fingerprint density at radius 1 is 0.971 bits per heavy atom. The molecule has 0 aromatic carbocycles. The third-order valence-electron chi connectivity index (χ3n) is 5.88. The van der Waals surface area contributed by atoms with E-state index in [9.17, 15) is 28.0 Å². The Balaban J connectivity index is 3.67. The van der Waals surface area contributed by atoms with Crippen LogP contribution in [0.1, 0.15) is 90.4 Å². The number of likely N-dealkylation sites (N-methyl/N-ethyl adjacent to an activating group) is 1. The average molecular weight is 507 g/mol. The number of hydrogen-bond acceptors (Lipinski definition) is 6. The number of allylic oxidation sites excluding steroid dienone is 1. The van der Waals surface area contributed by atoms with Crippen LogP contribution in [-0.4, -0.2) is 85.3 Å². The van der Waals surface area contributed by atoms with Crippen LogP contribution in [0.25, 0.3) is 0 Å². The number of rotatable bonds is 22. The standard InChI is InChI=1S/C25H50N2O6S/c1-4-5-6-13-16-23(28)17-14-11-9-7-8-10-12-15-18-25(30)26-19-20-27(2,3)21-24(29)22-34(31,32)33/h11,14,23-24,28-29H,4-10,12-13,15-22H2,1-3H3,(H-,26,30,31,32,33)/b14-11-/t23-,24?/m1/s1. The molecule has 9 heteroatoms. The fourth-order valence-electron chi connectivity index (χ4n) is 3.91. The summed E-state index contributed by atoms with van der Waals surface area (Å²) in [7, 11) is -0.817. The van der Waals surface area contributed by atoms with Crippen LogP contribution in [-0.2, 0) is 14.9 Å². The molecule has 2 atom stereocenters. The minimum Gasteiger partial charge on any atom is -0.748 e. The summed E-state index contributed by atoms with van der Waals surface area (Å²) in [4.78, 5) is 12.0. The molecule has 0 aromatic rings. The van der Waals surface area contributed by atoms with Gasteiger partial charge in [-0.15, -0.1) is 0 Å². The number of aliphatic hydroxyl groups is 2. The van der Waals surface area contributed by atoms with E-state index in [1.54, 1.807) is 0 Å². The van der Waals surface area contributed by atoms with Crippen LogP contribution in [0.2, 0.25) is 0 Å². The van der Waals surface area contributed by atoms with Gasteiger partial charge in [0.15, 0.2) is 0 Å². The fraction of sp³-hybridized carbons (Fsp3) is 0.880. The van der Waals surface area contributed by atoms with Crippen LogP contribution >= 0.6 is 0 Å². The maximum Gasteiger partial charge on any atom is 0.220 e. The molecule has 0 fully saturated rings. The summed E-state index contributed by atoms with van der Waals surface area (Å²) in [5.41, 5.74) is 0. The number of aliphatic hydroxyl groups excluding tert-OH is 2. The summed E-state index contributed by atoms with van der Waals surface area (Å²) >= 11 is 0. The van der Waals surface area contributed by atoms with Crippen molar-refractivity contribution < 1.29 is 32.5 Å². The summed E-state index contributed by atoms with van der Waals surface area (Å²) in [6, 6.07) is 0. The summed E-state index contributed by atoms with van der Waals surface area (Å²) < 4.78 is 32.5. The topological polar surface area (TPSA) is 127 Å². The minimum absolute atomic E-state index is 0.00105. The number of unbranched alkanes of at least 4 members (excludes halogenated alkanes) is 8. The average Bonchev–Trinajstić information content (AvgIpc) is 2.70. The molecule has 0 bridgehead atoms. The van der Waals surface area contributed by atoms with E-state index in [-0.39, 0.29) is 18.6 Å². The first-order valence-electron chi connectivity index (χ1n) is 13.0. The van der Waals surface area contributed by atoms with Crippen LogP contribution in [0.4, 0.5) is 0 Å². The van der Waals surface area contributed by atoms with Crippen molar-refractivity contribution in [3.05, 3.63) is 12.2 Å². The molecular formula is C25H50N2O6S. The molecule has 0 aliphatic carbocycles. The van der Waals surface area contributed by atoms with Gasteiger partial charge >= 0.3 is 0 Å². The van der Waals surface area contributed by atoms with E-state index in [0.29, 0.717) is 24.0 Å². The smallest absolute Gasteiger partial charge is 0.220 e. The Morgan fingerprint density at radius 3 is 2.29 bits per heavy atom. The van der Waals surface area contributed by atoms with E-state index in [1.165, 1.54) is 19.3 Å². The second-order valence-corrected chi connectivity index (χ2v) is 11.5. The van der Waals surface area contributed by atoms with E-state index in [2.05, 4.69) is 24.4 Å². The maximum absolute atomic E-state index is 12.0. The molecule has 0 spiro atoms. The summed E-state index contributed by atoms with van der Waals surface area (Å²) in [6.07, 6.45) is 16.0. The Labute approximate surface area is 208 Å². The molecule has 8 nitrogen and oxygen atoms in total. The highest BCUT2D eigenvalue weighted by molar-refractivity contribution is 7.85. The molecule has 0 aliphatic heterocycles. The highest BCUT2D eigenvalue weighted by atomic mass is 32.2. The van der Waals surface area contributed by atoms with Crippen molar-refractivity contribution in [2.75, 3.05) is 39.5 Å². The molecule has 202 valence electrons. The predicted molar refractivity (Wildman–Crippen MR) is 136 cm³/mol. The van der Waals surface area contributed by atoms with Gasteiger partial charge in [-0.25, -0.2) is 8.42 Å². The lowest BCUT2D eigenvalue weighted by molar-refractivity contribution is -0.891. The quantitative estimate of drug-likeness (QED) is 0.0896. The second kappa shape index (κ2) is 19.2. The number of quaternary nitrogens is 1. The van der Waals surface area contributed by atoms with Gasteiger partial charge in [-0.2, -0.15) is 0 Å². The number of hydrogen-bond donors (Lipinski definition) is 3. The van der Waals surface area contributed by atoms with Gasteiger partial charge in [-0.1, -0.05) is 64.0 Å². The van der Waals surface area contributed by atoms with Gasteiger partial charge in [0.05, 0.1) is 49.2 Å². The van der Waals surface area contributed by atoms with Crippen LogP contribution in [0.3, 0.4) is 0 Å².